The predicted molar refractivity (Wildman–Crippen MR) is 87.5 cm³/mol. The zero-order chi connectivity index (χ0) is 13.9. The fourth-order valence-electron chi connectivity index (χ4n) is 3.75. The molecular formula is C17H28N2S. The summed E-state index contributed by atoms with van der Waals surface area (Å²) < 4.78 is 0. The van der Waals surface area contributed by atoms with Crippen molar-refractivity contribution >= 4 is 11.3 Å². The van der Waals surface area contributed by atoms with Gasteiger partial charge in [0.25, 0.3) is 0 Å². The molecule has 3 heteroatoms. The molecule has 1 aromatic heterocycles. The van der Waals surface area contributed by atoms with Crippen LogP contribution in [0.2, 0.25) is 0 Å². The summed E-state index contributed by atoms with van der Waals surface area (Å²) in [6.07, 6.45) is 7.99. The maximum atomic E-state index is 3.98. The Kier molecular flexibility index (Phi) is 4.79. The molecule has 2 nitrogen and oxygen atoms in total. The Morgan fingerprint density at radius 2 is 2.10 bits per heavy atom. The molecule has 1 saturated heterocycles. The minimum absolute atomic E-state index is 0.626. The van der Waals surface area contributed by atoms with Crippen molar-refractivity contribution in [2.45, 2.75) is 70.5 Å². The van der Waals surface area contributed by atoms with Crippen LogP contribution in [0.15, 0.2) is 11.4 Å². The van der Waals surface area contributed by atoms with E-state index in [-0.39, 0.29) is 0 Å². The molecule has 0 radical (unpaired) electrons. The average Bonchev–Trinajstić information content (AvgIpc) is 2.79. The largest absolute Gasteiger partial charge is 0.307 e. The van der Waals surface area contributed by atoms with Gasteiger partial charge in [0.15, 0.2) is 0 Å². The summed E-state index contributed by atoms with van der Waals surface area (Å²) in [5.41, 5.74) is 1.60. The second-order valence-electron chi connectivity index (χ2n) is 6.67. The Hall–Kier alpha value is -0.380. The fourth-order valence-corrected chi connectivity index (χ4v) is 4.73. The first-order valence-electron chi connectivity index (χ1n) is 8.30. The van der Waals surface area contributed by atoms with Crippen molar-refractivity contribution in [3.05, 3.63) is 21.9 Å². The van der Waals surface area contributed by atoms with Gasteiger partial charge in [-0.2, -0.15) is 0 Å². The van der Waals surface area contributed by atoms with Gasteiger partial charge in [-0.15, -0.1) is 11.3 Å². The molecule has 112 valence electrons. The first-order chi connectivity index (χ1) is 9.74. The SMILES string of the molecule is CC(C)N1CCCC(NC2CCCc3sccc32)CC1. The van der Waals surface area contributed by atoms with E-state index in [1.165, 1.54) is 51.6 Å². The lowest BCUT2D eigenvalue weighted by atomic mass is 9.92. The normalized spacial score (nSPS) is 28.4. The Morgan fingerprint density at radius 1 is 1.20 bits per heavy atom. The zero-order valence-corrected chi connectivity index (χ0v) is 13.7. The van der Waals surface area contributed by atoms with Gasteiger partial charge in [-0.3, -0.25) is 0 Å². The highest BCUT2D eigenvalue weighted by Crippen LogP contribution is 2.34. The Balaban J connectivity index is 1.59. The van der Waals surface area contributed by atoms with Gasteiger partial charge in [0.2, 0.25) is 0 Å². The Labute approximate surface area is 127 Å². The lowest BCUT2D eigenvalue weighted by molar-refractivity contribution is 0.228. The molecule has 1 aliphatic heterocycles. The third-order valence-electron chi connectivity index (χ3n) is 4.98. The third-order valence-corrected chi connectivity index (χ3v) is 5.98. The van der Waals surface area contributed by atoms with Crippen molar-refractivity contribution in [1.82, 2.24) is 10.2 Å². The number of fused-ring (bicyclic) bond motifs is 1. The van der Waals surface area contributed by atoms with Crippen LogP contribution in [-0.2, 0) is 6.42 Å². The van der Waals surface area contributed by atoms with E-state index in [4.69, 9.17) is 0 Å². The number of hydrogen-bond donors (Lipinski definition) is 1. The van der Waals surface area contributed by atoms with Crippen LogP contribution >= 0.6 is 11.3 Å². The van der Waals surface area contributed by atoms with Gasteiger partial charge < -0.3 is 10.2 Å². The van der Waals surface area contributed by atoms with E-state index in [1.54, 1.807) is 10.4 Å². The highest BCUT2D eigenvalue weighted by molar-refractivity contribution is 7.10. The van der Waals surface area contributed by atoms with Crippen molar-refractivity contribution in [3.8, 4) is 0 Å². The zero-order valence-electron chi connectivity index (χ0n) is 12.9. The topological polar surface area (TPSA) is 15.3 Å². The van der Waals surface area contributed by atoms with Gasteiger partial charge in [-0.25, -0.2) is 0 Å². The van der Waals surface area contributed by atoms with Crippen LogP contribution in [-0.4, -0.2) is 30.1 Å². The Morgan fingerprint density at radius 3 is 2.95 bits per heavy atom. The third kappa shape index (κ3) is 3.26. The Bertz CT molecular complexity index is 426. The molecule has 1 aromatic rings. The first-order valence-corrected chi connectivity index (χ1v) is 9.18. The number of likely N-dealkylation sites (tertiary alicyclic amines) is 1. The smallest absolute Gasteiger partial charge is 0.0333 e. The van der Waals surface area contributed by atoms with E-state index < -0.39 is 0 Å². The lowest BCUT2D eigenvalue weighted by Gasteiger charge is -2.29. The molecule has 0 bridgehead atoms. The summed E-state index contributed by atoms with van der Waals surface area (Å²) in [5, 5.41) is 6.26. The van der Waals surface area contributed by atoms with Crippen LogP contribution < -0.4 is 5.32 Å². The van der Waals surface area contributed by atoms with Crippen LogP contribution in [0.4, 0.5) is 0 Å². The molecule has 0 amide bonds. The molecule has 2 atom stereocenters. The summed E-state index contributed by atoms with van der Waals surface area (Å²) in [5.74, 6) is 0. The molecular weight excluding hydrogens is 264 g/mol. The lowest BCUT2D eigenvalue weighted by Crippen LogP contribution is -2.36. The van der Waals surface area contributed by atoms with Crippen LogP contribution in [0.1, 0.15) is 62.4 Å². The fraction of sp³-hybridized carbons (Fsp3) is 0.765. The molecule has 2 heterocycles. The number of nitrogens with zero attached hydrogens (tertiary/aromatic N) is 1. The molecule has 2 unspecified atom stereocenters. The maximum absolute atomic E-state index is 3.98. The van der Waals surface area contributed by atoms with E-state index in [0.717, 1.165) is 6.04 Å². The van der Waals surface area contributed by atoms with E-state index in [0.29, 0.717) is 12.1 Å². The molecule has 1 aliphatic carbocycles. The van der Waals surface area contributed by atoms with Gasteiger partial charge in [0.1, 0.15) is 0 Å². The van der Waals surface area contributed by atoms with Crippen LogP contribution in [0, 0.1) is 0 Å². The standard InChI is InChI=1S/C17H28N2S/c1-13(2)19-10-4-5-14(8-11-19)18-16-6-3-7-17-15(16)9-12-20-17/h9,12-14,16,18H,3-8,10-11H2,1-2H3. The molecule has 2 aliphatic rings. The second kappa shape index (κ2) is 6.59. The monoisotopic (exact) mass is 292 g/mol. The second-order valence-corrected chi connectivity index (χ2v) is 7.67. The highest BCUT2D eigenvalue weighted by atomic mass is 32.1. The van der Waals surface area contributed by atoms with Gasteiger partial charge in [0, 0.05) is 23.0 Å². The van der Waals surface area contributed by atoms with Crippen molar-refractivity contribution in [2.24, 2.45) is 0 Å². The molecule has 1 N–H and O–H groups in total. The molecule has 1 fully saturated rings. The highest BCUT2D eigenvalue weighted by Gasteiger charge is 2.25. The van der Waals surface area contributed by atoms with E-state index >= 15 is 0 Å². The minimum atomic E-state index is 0.626. The van der Waals surface area contributed by atoms with Gasteiger partial charge in [-0.05, 0) is 82.5 Å². The molecule has 20 heavy (non-hydrogen) atoms. The molecule has 0 aromatic carbocycles. The van der Waals surface area contributed by atoms with Crippen LogP contribution in [0.5, 0.6) is 0 Å². The van der Waals surface area contributed by atoms with Gasteiger partial charge >= 0.3 is 0 Å². The predicted octanol–water partition coefficient (Wildman–Crippen LogP) is 3.98. The van der Waals surface area contributed by atoms with Crippen molar-refractivity contribution in [2.75, 3.05) is 13.1 Å². The number of aryl methyl sites for hydroxylation is 1. The first kappa shape index (κ1) is 14.6. The van der Waals surface area contributed by atoms with Crippen LogP contribution in [0.25, 0.3) is 0 Å². The maximum Gasteiger partial charge on any atom is 0.0333 e. The van der Waals surface area contributed by atoms with Gasteiger partial charge in [0.05, 0.1) is 0 Å². The number of thiophene rings is 1. The number of rotatable bonds is 3. The minimum Gasteiger partial charge on any atom is -0.307 e. The molecule has 3 rings (SSSR count). The number of nitrogens with one attached hydrogen (secondary N) is 1. The summed E-state index contributed by atoms with van der Waals surface area (Å²) in [6, 6.07) is 4.40. The molecule has 0 spiro atoms. The summed E-state index contributed by atoms with van der Waals surface area (Å²) in [7, 11) is 0. The summed E-state index contributed by atoms with van der Waals surface area (Å²) in [4.78, 5) is 4.27. The van der Waals surface area contributed by atoms with Crippen molar-refractivity contribution < 1.29 is 0 Å². The summed E-state index contributed by atoms with van der Waals surface area (Å²) >= 11 is 1.95. The number of hydrogen-bond acceptors (Lipinski definition) is 3. The summed E-state index contributed by atoms with van der Waals surface area (Å²) in [6.45, 7) is 7.20. The quantitative estimate of drug-likeness (QED) is 0.906. The van der Waals surface area contributed by atoms with E-state index in [2.05, 4.69) is 35.5 Å². The average molecular weight is 292 g/mol. The van der Waals surface area contributed by atoms with E-state index in [1.807, 2.05) is 11.3 Å². The van der Waals surface area contributed by atoms with Gasteiger partial charge in [-0.1, -0.05) is 0 Å². The van der Waals surface area contributed by atoms with Crippen molar-refractivity contribution in [3.63, 3.8) is 0 Å². The van der Waals surface area contributed by atoms with Crippen LogP contribution in [0.3, 0.4) is 0 Å². The molecule has 0 saturated carbocycles. The van der Waals surface area contributed by atoms with Crippen molar-refractivity contribution in [1.29, 1.82) is 0 Å². The van der Waals surface area contributed by atoms with E-state index in [9.17, 15) is 0 Å².